The first-order valence-corrected chi connectivity index (χ1v) is 5.94. The lowest BCUT2D eigenvalue weighted by Crippen LogP contribution is -2.21. The number of nitrogens with zero attached hydrogens (tertiary/aromatic N) is 1. The van der Waals surface area contributed by atoms with Crippen LogP contribution in [0.15, 0.2) is 6.20 Å². The molecule has 0 spiro atoms. The van der Waals surface area contributed by atoms with E-state index < -0.39 is 47.9 Å². The number of halogens is 5. The highest BCUT2D eigenvalue weighted by Gasteiger charge is 2.36. The van der Waals surface area contributed by atoms with Gasteiger partial charge in [-0.05, 0) is 6.92 Å². The van der Waals surface area contributed by atoms with Gasteiger partial charge in [0.05, 0.1) is 31.3 Å². The molecule has 0 N–H and O–H groups in total. The molecule has 10 heteroatoms. The Hall–Kier alpha value is -2.13. The van der Waals surface area contributed by atoms with Crippen molar-refractivity contribution in [3.8, 4) is 11.6 Å². The third kappa shape index (κ3) is 4.71. The lowest BCUT2D eigenvalue weighted by molar-refractivity contribution is -0.275. The largest absolute Gasteiger partial charge is 0.573 e. The highest BCUT2D eigenvalue weighted by molar-refractivity contribution is 5.75. The molecule has 22 heavy (non-hydrogen) atoms. The van der Waals surface area contributed by atoms with Crippen molar-refractivity contribution in [3.05, 3.63) is 17.3 Å². The second-order valence-corrected chi connectivity index (χ2v) is 3.86. The summed E-state index contributed by atoms with van der Waals surface area (Å²) in [7, 11) is 1.07. The minimum Gasteiger partial charge on any atom is -0.481 e. The number of hydrogen-bond donors (Lipinski definition) is 0. The lowest BCUT2D eigenvalue weighted by Gasteiger charge is -2.18. The second kappa shape index (κ2) is 7.23. The molecule has 0 amide bonds. The number of carbonyl (C=O) groups is 1. The highest BCUT2D eigenvalue weighted by atomic mass is 19.4. The van der Waals surface area contributed by atoms with Gasteiger partial charge in [0.25, 0.3) is 6.43 Å². The number of carbonyl (C=O) groups excluding carboxylic acids is 1. The third-order valence-electron chi connectivity index (χ3n) is 2.39. The van der Waals surface area contributed by atoms with Crippen LogP contribution < -0.4 is 9.47 Å². The third-order valence-corrected chi connectivity index (χ3v) is 2.39. The summed E-state index contributed by atoms with van der Waals surface area (Å²) in [6.45, 7) is 1.45. The Kier molecular flexibility index (Phi) is 5.89. The molecule has 124 valence electrons. The van der Waals surface area contributed by atoms with Crippen LogP contribution in [-0.4, -0.2) is 31.0 Å². The summed E-state index contributed by atoms with van der Waals surface area (Å²) in [4.78, 5) is 14.9. The molecule has 1 aromatic heterocycles. The van der Waals surface area contributed by atoms with Gasteiger partial charge in [0.2, 0.25) is 5.88 Å². The lowest BCUT2D eigenvalue weighted by atomic mass is 10.1. The standard InChI is InChI=1S/C12H12F5NO4/c1-3-21-8(19)4-6-9(22-12(15,16)17)7(10(13)14)5-18-11(6)20-2/h5,10H,3-4H2,1-2H3. The summed E-state index contributed by atoms with van der Waals surface area (Å²) in [5.74, 6) is -2.57. The van der Waals surface area contributed by atoms with Crippen molar-refractivity contribution in [2.75, 3.05) is 13.7 Å². The highest BCUT2D eigenvalue weighted by Crippen LogP contribution is 2.39. The minimum atomic E-state index is -5.22. The van der Waals surface area contributed by atoms with Crippen LogP contribution in [-0.2, 0) is 16.0 Å². The van der Waals surface area contributed by atoms with E-state index in [1.165, 1.54) is 6.92 Å². The normalized spacial score (nSPS) is 11.5. The first-order valence-electron chi connectivity index (χ1n) is 5.94. The van der Waals surface area contributed by atoms with E-state index in [9.17, 15) is 26.7 Å². The predicted molar refractivity (Wildman–Crippen MR) is 62.8 cm³/mol. The van der Waals surface area contributed by atoms with Crippen molar-refractivity contribution in [2.45, 2.75) is 26.1 Å². The molecule has 0 fully saturated rings. The molecule has 0 aliphatic rings. The smallest absolute Gasteiger partial charge is 0.481 e. The van der Waals surface area contributed by atoms with E-state index in [1.807, 2.05) is 0 Å². The second-order valence-electron chi connectivity index (χ2n) is 3.86. The van der Waals surface area contributed by atoms with Gasteiger partial charge in [0.1, 0.15) is 5.75 Å². The van der Waals surface area contributed by atoms with E-state index in [0.717, 1.165) is 7.11 Å². The van der Waals surface area contributed by atoms with Gasteiger partial charge < -0.3 is 14.2 Å². The van der Waals surface area contributed by atoms with Gasteiger partial charge in [-0.2, -0.15) is 0 Å². The molecule has 0 aliphatic heterocycles. The number of pyridine rings is 1. The van der Waals surface area contributed by atoms with E-state index in [0.29, 0.717) is 6.20 Å². The van der Waals surface area contributed by atoms with E-state index in [4.69, 9.17) is 4.74 Å². The zero-order valence-corrected chi connectivity index (χ0v) is 11.5. The van der Waals surface area contributed by atoms with Crippen LogP contribution in [0.3, 0.4) is 0 Å². The average molecular weight is 329 g/mol. The molecule has 5 nitrogen and oxygen atoms in total. The molecule has 0 bridgehead atoms. The predicted octanol–water partition coefficient (Wildman–Crippen LogP) is 3.03. The summed E-state index contributed by atoms with van der Waals surface area (Å²) in [5, 5.41) is 0. The summed E-state index contributed by atoms with van der Waals surface area (Å²) in [6, 6.07) is 0. The van der Waals surface area contributed by atoms with Gasteiger partial charge in [-0.1, -0.05) is 0 Å². The Morgan fingerprint density at radius 2 is 2.00 bits per heavy atom. The van der Waals surface area contributed by atoms with Crippen LogP contribution in [0.5, 0.6) is 11.6 Å². The zero-order chi connectivity index (χ0) is 16.9. The average Bonchev–Trinajstić information content (AvgIpc) is 2.38. The molecular weight excluding hydrogens is 317 g/mol. The van der Waals surface area contributed by atoms with Crippen LogP contribution in [0.1, 0.15) is 24.5 Å². The Balaban J connectivity index is 3.39. The fourth-order valence-electron chi connectivity index (χ4n) is 1.62. The molecule has 1 heterocycles. The molecule has 0 unspecified atom stereocenters. The summed E-state index contributed by atoms with van der Waals surface area (Å²) >= 11 is 0. The number of rotatable bonds is 6. The number of hydrogen-bond acceptors (Lipinski definition) is 5. The number of alkyl halides is 5. The first-order chi connectivity index (χ1) is 10.2. The van der Waals surface area contributed by atoms with Crippen LogP contribution >= 0.6 is 0 Å². The maximum absolute atomic E-state index is 12.9. The van der Waals surface area contributed by atoms with Gasteiger partial charge in [-0.15, -0.1) is 13.2 Å². The molecule has 1 rings (SSSR count). The quantitative estimate of drug-likeness (QED) is 0.593. The molecule has 0 saturated heterocycles. The Morgan fingerprint density at radius 1 is 1.36 bits per heavy atom. The molecule has 1 aromatic rings. The molecule has 0 atom stereocenters. The molecule has 0 aromatic carbocycles. The van der Waals surface area contributed by atoms with E-state index in [-0.39, 0.29) is 6.61 Å². The monoisotopic (exact) mass is 329 g/mol. The van der Waals surface area contributed by atoms with Gasteiger partial charge in [-0.25, -0.2) is 13.8 Å². The number of ether oxygens (including phenoxy) is 3. The van der Waals surface area contributed by atoms with Crippen molar-refractivity contribution in [1.82, 2.24) is 4.98 Å². The number of esters is 1. The van der Waals surface area contributed by atoms with Gasteiger partial charge in [0, 0.05) is 6.20 Å². The van der Waals surface area contributed by atoms with E-state index >= 15 is 0 Å². The van der Waals surface area contributed by atoms with E-state index in [1.54, 1.807) is 0 Å². The number of aromatic nitrogens is 1. The fraction of sp³-hybridized carbons (Fsp3) is 0.500. The van der Waals surface area contributed by atoms with Gasteiger partial charge in [-0.3, -0.25) is 4.79 Å². The van der Waals surface area contributed by atoms with Crippen LogP contribution in [0.25, 0.3) is 0 Å². The van der Waals surface area contributed by atoms with Crippen LogP contribution in [0, 0.1) is 0 Å². The Morgan fingerprint density at radius 3 is 2.45 bits per heavy atom. The van der Waals surface area contributed by atoms with Crippen molar-refractivity contribution in [2.24, 2.45) is 0 Å². The summed E-state index contributed by atoms with van der Waals surface area (Å²) < 4.78 is 76.0. The molecule has 0 radical (unpaired) electrons. The van der Waals surface area contributed by atoms with Crippen molar-refractivity contribution in [3.63, 3.8) is 0 Å². The van der Waals surface area contributed by atoms with Gasteiger partial charge >= 0.3 is 12.3 Å². The van der Waals surface area contributed by atoms with Crippen molar-refractivity contribution in [1.29, 1.82) is 0 Å². The topological polar surface area (TPSA) is 57.7 Å². The summed E-state index contributed by atoms with van der Waals surface area (Å²) in [5.41, 5.74) is -1.66. The zero-order valence-electron chi connectivity index (χ0n) is 11.5. The van der Waals surface area contributed by atoms with E-state index in [2.05, 4.69) is 14.5 Å². The minimum absolute atomic E-state index is 0.0292. The first kappa shape index (κ1) is 17.9. The van der Waals surface area contributed by atoms with Crippen LogP contribution in [0.4, 0.5) is 22.0 Å². The van der Waals surface area contributed by atoms with Gasteiger partial charge in [0.15, 0.2) is 0 Å². The van der Waals surface area contributed by atoms with Crippen molar-refractivity contribution < 1.29 is 41.0 Å². The fourth-order valence-corrected chi connectivity index (χ4v) is 1.62. The van der Waals surface area contributed by atoms with Crippen LogP contribution in [0.2, 0.25) is 0 Å². The molecule has 0 aliphatic carbocycles. The number of methoxy groups -OCH3 is 1. The Labute approximate surface area is 122 Å². The maximum atomic E-state index is 12.9. The maximum Gasteiger partial charge on any atom is 0.573 e. The van der Waals surface area contributed by atoms with Crippen molar-refractivity contribution >= 4 is 5.97 Å². The molecular formula is C12H12F5NO4. The Bertz CT molecular complexity index is 533. The summed E-state index contributed by atoms with van der Waals surface area (Å²) in [6.07, 6.45) is -8.76. The molecule has 0 saturated carbocycles. The SMILES string of the molecule is CCOC(=O)Cc1c(OC)ncc(C(F)F)c1OC(F)(F)F.